The van der Waals surface area contributed by atoms with E-state index in [0.717, 1.165) is 64.2 Å². The van der Waals surface area contributed by atoms with Gasteiger partial charge in [0.05, 0.1) is 13.2 Å². The maximum absolute atomic E-state index is 12.5. The van der Waals surface area contributed by atoms with Gasteiger partial charge < -0.3 is 19.7 Å². The highest BCUT2D eigenvalue weighted by atomic mass is 31.2. The van der Waals surface area contributed by atoms with Crippen molar-refractivity contribution in [3.05, 3.63) is 60.8 Å². The number of unbranched alkanes of at least 4 members (excludes halogenated alkanes) is 11. The largest absolute Gasteiger partial charge is 0.472 e. The highest BCUT2D eigenvalue weighted by Crippen LogP contribution is 2.43. The molecule has 0 aromatic rings. The zero-order valence-electron chi connectivity index (χ0n) is 31.6. The molecule has 0 spiro atoms. The average molecular weight is 724 g/mol. The number of carbonyl (C=O) groups excluding carboxylic acids is 2. The average Bonchev–Trinajstić information content (AvgIpc) is 3.09. The van der Waals surface area contributed by atoms with Crippen LogP contribution in [0, 0.1) is 0 Å². The van der Waals surface area contributed by atoms with E-state index in [2.05, 4.69) is 73.8 Å². The molecule has 0 aliphatic carbocycles. The maximum atomic E-state index is 12.5. The molecule has 0 amide bonds. The van der Waals surface area contributed by atoms with Gasteiger partial charge in [0.2, 0.25) is 0 Å². The number of hydrogen-bond donors (Lipinski definition) is 2. The molecule has 50 heavy (non-hydrogen) atoms. The summed E-state index contributed by atoms with van der Waals surface area (Å²) in [7, 11) is -2.67. The van der Waals surface area contributed by atoms with Crippen LogP contribution in [0.15, 0.2) is 60.8 Å². The van der Waals surface area contributed by atoms with Crippen molar-refractivity contribution in [2.45, 2.75) is 148 Å². The number of phosphoric acid groups is 1. The molecule has 0 saturated heterocycles. The van der Waals surface area contributed by atoms with E-state index in [1.165, 1.54) is 38.5 Å². The number of carbonyl (C=O) groups is 2. The third-order valence-electron chi connectivity index (χ3n) is 7.61. The molecule has 0 radical (unpaired) electrons. The molecule has 9 nitrogen and oxygen atoms in total. The van der Waals surface area contributed by atoms with Gasteiger partial charge in [0.1, 0.15) is 6.61 Å². The molecule has 0 aliphatic rings. The highest BCUT2D eigenvalue weighted by Gasteiger charge is 2.26. The van der Waals surface area contributed by atoms with E-state index >= 15 is 0 Å². The van der Waals surface area contributed by atoms with Gasteiger partial charge in [0.25, 0.3) is 0 Å². The van der Waals surface area contributed by atoms with Gasteiger partial charge in [-0.1, -0.05) is 120 Å². The molecule has 2 N–H and O–H groups in total. The Labute approximate surface area is 304 Å². The Morgan fingerprint density at radius 1 is 0.620 bits per heavy atom. The Hall–Kier alpha value is -2.29. The summed E-state index contributed by atoms with van der Waals surface area (Å²) in [6.07, 6.45) is 39.9. The number of allylic oxidation sites excluding steroid dienone is 10. The lowest BCUT2D eigenvalue weighted by molar-refractivity contribution is -0.161. The molecule has 0 aliphatic heterocycles. The standard InChI is InChI=1S/C40H70NO8P/c1-4-6-8-10-12-14-16-17-18-19-20-21-23-24-26-28-30-32-39(42)46-36-38(37-48-50(44,45)47-35-34-41-3)49-40(43)33-31-29-27-25-22-15-13-11-9-7-5-2/h11-14,17-18,20-21,24,26,38,41H,4-10,15-16,19,22-23,25,27-37H2,1-3H3,(H,44,45)/b13-11-,14-12-,18-17-,21-20-,26-24-. The van der Waals surface area contributed by atoms with Crippen molar-refractivity contribution >= 4 is 19.8 Å². The van der Waals surface area contributed by atoms with Crippen molar-refractivity contribution in [2.75, 3.05) is 33.4 Å². The van der Waals surface area contributed by atoms with Crippen LogP contribution in [0.2, 0.25) is 0 Å². The van der Waals surface area contributed by atoms with Gasteiger partial charge in [0, 0.05) is 19.4 Å². The van der Waals surface area contributed by atoms with Crippen LogP contribution in [0.5, 0.6) is 0 Å². The van der Waals surface area contributed by atoms with E-state index < -0.39 is 32.5 Å². The van der Waals surface area contributed by atoms with Gasteiger partial charge >= 0.3 is 19.8 Å². The first-order valence-corrected chi connectivity index (χ1v) is 20.7. The summed E-state index contributed by atoms with van der Waals surface area (Å²) in [6, 6.07) is 0. The van der Waals surface area contributed by atoms with Gasteiger partial charge in [0.15, 0.2) is 6.10 Å². The number of rotatable bonds is 35. The number of hydrogen-bond acceptors (Lipinski definition) is 8. The Kier molecular flexibility index (Phi) is 34.8. The Morgan fingerprint density at radius 2 is 1.12 bits per heavy atom. The van der Waals surface area contributed by atoms with E-state index in [1.54, 1.807) is 7.05 Å². The highest BCUT2D eigenvalue weighted by molar-refractivity contribution is 7.47. The van der Waals surface area contributed by atoms with E-state index in [1.807, 2.05) is 6.08 Å². The van der Waals surface area contributed by atoms with Crippen molar-refractivity contribution in [1.29, 1.82) is 0 Å². The van der Waals surface area contributed by atoms with E-state index in [9.17, 15) is 19.0 Å². The monoisotopic (exact) mass is 723 g/mol. The number of ether oxygens (including phenoxy) is 2. The molecule has 2 atom stereocenters. The molecule has 0 bridgehead atoms. The van der Waals surface area contributed by atoms with Crippen LogP contribution in [-0.4, -0.2) is 56.3 Å². The number of phosphoric ester groups is 1. The lowest BCUT2D eigenvalue weighted by atomic mass is 10.1. The first kappa shape index (κ1) is 47.7. The van der Waals surface area contributed by atoms with Crippen LogP contribution in [0.25, 0.3) is 0 Å². The van der Waals surface area contributed by atoms with Gasteiger partial charge in [-0.05, 0) is 77.7 Å². The van der Waals surface area contributed by atoms with Crippen molar-refractivity contribution in [3.63, 3.8) is 0 Å². The molecule has 0 saturated carbocycles. The normalized spacial score (nSPS) is 14.1. The van der Waals surface area contributed by atoms with E-state index in [0.29, 0.717) is 19.4 Å². The second-order valence-electron chi connectivity index (χ2n) is 12.4. The molecular weight excluding hydrogens is 653 g/mol. The van der Waals surface area contributed by atoms with Gasteiger partial charge in [-0.25, -0.2) is 4.57 Å². The summed E-state index contributed by atoms with van der Waals surface area (Å²) >= 11 is 0. The maximum Gasteiger partial charge on any atom is 0.472 e. The number of esters is 2. The fraction of sp³-hybridized carbons (Fsp3) is 0.700. The lowest BCUT2D eigenvalue weighted by Gasteiger charge is -2.20. The van der Waals surface area contributed by atoms with E-state index in [-0.39, 0.29) is 26.1 Å². The smallest absolute Gasteiger partial charge is 0.462 e. The van der Waals surface area contributed by atoms with Crippen LogP contribution < -0.4 is 5.32 Å². The van der Waals surface area contributed by atoms with Crippen LogP contribution in [0.3, 0.4) is 0 Å². The van der Waals surface area contributed by atoms with Gasteiger partial charge in [-0.15, -0.1) is 0 Å². The van der Waals surface area contributed by atoms with Crippen molar-refractivity contribution in [2.24, 2.45) is 0 Å². The second-order valence-corrected chi connectivity index (χ2v) is 13.9. The minimum Gasteiger partial charge on any atom is -0.462 e. The predicted molar refractivity (Wildman–Crippen MR) is 206 cm³/mol. The molecule has 0 aromatic heterocycles. The first-order valence-electron chi connectivity index (χ1n) is 19.2. The van der Waals surface area contributed by atoms with Crippen LogP contribution in [0.4, 0.5) is 0 Å². The van der Waals surface area contributed by atoms with Crippen LogP contribution in [0.1, 0.15) is 142 Å². The van der Waals surface area contributed by atoms with E-state index in [4.69, 9.17) is 18.5 Å². The lowest BCUT2D eigenvalue weighted by Crippen LogP contribution is -2.29. The predicted octanol–water partition coefficient (Wildman–Crippen LogP) is 10.4. The third kappa shape index (κ3) is 35.5. The van der Waals surface area contributed by atoms with Crippen molar-refractivity contribution < 1.29 is 37.6 Å². The minimum absolute atomic E-state index is 0.0295. The second kappa shape index (κ2) is 36.5. The zero-order valence-corrected chi connectivity index (χ0v) is 32.5. The molecular formula is C40H70NO8P. The molecule has 0 fully saturated rings. The molecule has 0 rings (SSSR count). The SMILES string of the molecule is CCCC/C=C\CCCCCCCC(=O)OC(COC(=O)CCC/C=C\C/C=C\C/C=C\C/C=C\CCCCC)COP(=O)(O)OCCNC. The number of likely N-dealkylation sites (N-methyl/N-ethyl adjacent to an activating group) is 1. The van der Waals surface area contributed by atoms with Gasteiger partial charge in [-0.3, -0.25) is 18.6 Å². The molecule has 0 heterocycles. The first-order chi connectivity index (χ1) is 24.3. The minimum atomic E-state index is -4.36. The quantitative estimate of drug-likeness (QED) is 0.0285. The van der Waals surface area contributed by atoms with Gasteiger partial charge in [-0.2, -0.15) is 0 Å². The van der Waals surface area contributed by atoms with Crippen molar-refractivity contribution in [3.8, 4) is 0 Å². The summed E-state index contributed by atoms with van der Waals surface area (Å²) in [6.45, 7) is 4.05. The Morgan fingerprint density at radius 3 is 1.74 bits per heavy atom. The summed E-state index contributed by atoms with van der Waals surface area (Å²) in [5, 5.41) is 2.81. The summed E-state index contributed by atoms with van der Waals surface area (Å²) in [5.41, 5.74) is 0. The fourth-order valence-corrected chi connectivity index (χ4v) is 5.39. The van der Waals surface area contributed by atoms with Crippen LogP contribution in [-0.2, 0) is 32.7 Å². The fourth-order valence-electron chi connectivity index (χ4n) is 4.64. The summed E-state index contributed by atoms with van der Waals surface area (Å²) < 4.78 is 33.0. The molecule has 0 aromatic carbocycles. The summed E-state index contributed by atoms with van der Waals surface area (Å²) in [5.74, 6) is -0.891. The van der Waals surface area contributed by atoms with Crippen LogP contribution >= 0.6 is 7.82 Å². The molecule has 2 unspecified atom stereocenters. The molecule has 10 heteroatoms. The number of nitrogens with one attached hydrogen (secondary N) is 1. The topological polar surface area (TPSA) is 120 Å². The third-order valence-corrected chi connectivity index (χ3v) is 8.59. The summed E-state index contributed by atoms with van der Waals surface area (Å²) in [4.78, 5) is 34.8. The Balaban J connectivity index is 4.40. The molecule has 288 valence electrons. The van der Waals surface area contributed by atoms with Crippen molar-refractivity contribution in [1.82, 2.24) is 5.32 Å². The zero-order chi connectivity index (χ0) is 36.8. The Bertz CT molecular complexity index is 1010.